The van der Waals surface area contributed by atoms with Crippen molar-refractivity contribution in [1.82, 2.24) is 14.9 Å². The molecule has 0 atom stereocenters. The topological polar surface area (TPSA) is 93.5 Å². The molecule has 0 fully saturated rings. The number of hydrogen-bond acceptors (Lipinski definition) is 5. The van der Waals surface area contributed by atoms with Gasteiger partial charge in [-0.2, -0.15) is 0 Å². The summed E-state index contributed by atoms with van der Waals surface area (Å²) in [4.78, 5) is 29.2. The van der Waals surface area contributed by atoms with Crippen molar-refractivity contribution in [3.63, 3.8) is 0 Å². The number of aromatic hydroxyl groups is 1. The number of amides is 1. The minimum atomic E-state index is -0.661. The van der Waals surface area contributed by atoms with E-state index < -0.39 is 17.2 Å². The molecule has 1 heterocycles. The maximum absolute atomic E-state index is 12.6. The van der Waals surface area contributed by atoms with Crippen molar-refractivity contribution >= 4 is 5.91 Å². The normalized spacial score (nSPS) is 11.7. The van der Waals surface area contributed by atoms with Gasteiger partial charge in [0.2, 0.25) is 5.75 Å². The van der Waals surface area contributed by atoms with Crippen molar-refractivity contribution in [1.29, 1.82) is 0 Å². The van der Waals surface area contributed by atoms with E-state index >= 15 is 0 Å². The monoisotopic (exact) mass is 411 g/mol. The first-order valence-electron chi connectivity index (χ1n) is 9.81. The Morgan fingerprint density at radius 1 is 1.30 bits per heavy atom. The highest BCUT2D eigenvalue weighted by Gasteiger charge is 2.19. The van der Waals surface area contributed by atoms with Crippen LogP contribution in [0.1, 0.15) is 46.3 Å². The van der Waals surface area contributed by atoms with Crippen LogP contribution in [-0.2, 0) is 24.8 Å². The van der Waals surface area contributed by atoms with Gasteiger partial charge in [-0.15, -0.1) is 0 Å². The predicted octanol–water partition coefficient (Wildman–Crippen LogP) is 3.07. The second-order valence-corrected chi connectivity index (χ2v) is 7.01. The molecule has 0 unspecified atom stereocenters. The molecule has 2 aromatic rings. The summed E-state index contributed by atoms with van der Waals surface area (Å²) in [6.45, 7) is 6.27. The van der Waals surface area contributed by atoms with Gasteiger partial charge in [0.15, 0.2) is 5.69 Å². The standard InChI is InChI=1S/C23H29N3O4/c1-6-18(30-5)9-7-8-10-19-25-20(21(27)23(29)26(19)4)22(28)24-14-17-12-11-15(2)16(3)13-17/h7-9,11-13,27H,6,10,14H2,1-5H3,(H,24,28)/b8-7-,18-9+. The lowest BCUT2D eigenvalue weighted by atomic mass is 10.1. The van der Waals surface area contributed by atoms with E-state index in [1.165, 1.54) is 17.2 Å². The molecule has 0 saturated carbocycles. The van der Waals surface area contributed by atoms with Crippen molar-refractivity contribution in [2.75, 3.05) is 7.11 Å². The molecule has 160 valence electrons. The van der Waals surface area contributed by atoms with Gasteiger partial charge in [0.05, 0.1) is 12.9 Å². The lowest BCUT2D eigenvalue weighted by Crippen LogP contribution is -2.30. The summed E-state index contributed by atoms with van der Waals surface area (Å²) in [5, 5.41) is 12.9. The molecule has 0 aliphatic rings. The van der Waals surface area contributed by atoms with Crippen LogP contribution >= 0.6 is 0 Å². The molecule has 0 radical (unpaired) electrons. The zero-order chi connectivity index (χ0) is 22.3. The number of aromatic nitrogens is 2. The highest BCUT2D eigenvalue weighted by molar-refractivity contribution is 5.94. The fraction of sp³-hybridized carbons (Fsp3) is 0.348. The molecule has 7 heteroatoms. The predicted molar refractivity (Wildman–Crippen MR) is 116 cm³/mol. The van der Waals surface area contributed by atoms with Crippen LogP contribution in [0, 0.1) is 13.8 Å². The van der Waals surface area contributed by atoms with E-state index in [1.807, 2.05) is 51.1 Å². The van der Waals surface area contributed by atoms with Gasteiger partial charge in [-0.1, -0.05) is 37.3 Å². The summed E-state index contributed by atoms with van der Waals surface area (Å²) >= 11 is 0. The van der Waals surface area contributed by atoms with Gasteiger partial charge in [0, 0.05) is 26.4 Å². The first kappa shape index (κ1) is 22.9. The number of rotatable bonds is 8. The number of nitrogens with zero attached hydrogens (tertiary/aromatic N) is 2. The van der Waals surface area contributed by atoms with Gasteiger partial charge in [0.1, 0.15) is 5.82 Å². The van der Waals surface area contributed by atoms with Crippen molar-refractivity contribution in [2.24, 2.45) is 7.05 Å². The molecule has 1 aromatic heterocycles. The summed E-state index contributed by atoms with van der Waals surface area (Å²) in [7, 11) is 3.12. The summed E-state index contributed by atoms with van der Waals surface area (Å²) in [5.41, 5.74) is 2.28. The Morgan fingerprint density at radius 2 is 2.03 bits per heavy atom. The Balaban J connectivity index is 2.19. The molecule has 1 amide bonds. The Labute approximate surface area is 176 Å². The summed E-state index contributed by atoms with van der Waals surface area (Å²) in [6.07, 6.45) is 6.53. The van der Waals surface area contributed by atoms with Gasteiger partial charge in [0.25, 0.3) is 11.5 Å². The number of carbonyl (C=O) groups is 1. The average molecular weight is 412 g/mol. The average Bonchev–Trinajstić information content (AvgIpc) is 2.74. The third-order valence-corrected chi connectivity index (χ3v) is 4.93. The molecule has 1 aromatic carbocycles. The first-order valence-corrected chi connectivity index (χ1v) is 9.81. The number of nitrogens with one attached hydrogen (secondary N) is 1. The number of hydrogen-bond donors (Lipinski definition) is 2. The molecule has 0 saturated heterocycles. The van der Waals surface area contributed by atoms with Crippen LogP contribution in [0.15, 0.2) is 47.0 Å². The number of methoxy groups -OCH3 is 1. The summed E-state index contributed by atoms with van der Waals surface area (Å²) in [5.74, 6) is -0.0592. The van der Waals surface area contributed by atoms with Crippen LogP contribution in [0.4, 0.5) is 0 Å². The van der Waals surface area contributed by atoms with Crippen molar-refractivity contribution in [2.45, 2.75) is 40.2 Å². The molecule has 0 aliphatic carbocycles. The first-order chi connectivity index (χ1) is 14.3. The molecule has 0 spiro atoms. The van der Waals surface area contributed by atoms with Gasteiger partial charge in [-0.05, 0) is 36.6 Å². The highest BCUT2D eigenvalue weighted by Crippen LogP contribution is 2.12. The van der Waals surface area contributed by atoms with Crippen LogP contribution in [0.5, 0.6) is 5.75 Å². The lowest BCUT2D eigenvalue weighted by molar-refractivity contribution is 0.0941. The van der Waals surface area contributed by atoms with Crippen LogP contribution in [0.2, 0.25) is 0 Å². The zero-order valence-corrected chi connectivity index (χ0v) is 18.2. The molecular weight excluding hydrogens is 382 g/mol. The number of carbonyl (C=O) groups excluding carboxylic acids is 1. The van der Waals surface area contributed by atoms with E-state index in [0.29, 0.717) is 12.2 Å². The molecule has 0 bridgehead atoms. The van der Waals surface area contributed by atoms with Crippen LogP contribution < -0.4 is 10.9 Å². The van der Waals surface area contributed by atoms with Crippen molar-refractivity contribution in [3.8, 4) is 5.75 Å². The van der Waals surface area contributed by atoms with Crippen LogP contribution in [0.25, 0.3) is 0 Å². The molecule has 7 nitrogen and oxygen atoms in total. The molecule has 0 aliphatic heterocycles. The third kappa shape index (κ3) is 5.59. The second-order valence-electron chi connectivity index (χ2n) is 7.01. The van der Waals surface area contributed by atoms with E-state index in [0.717, 1.165) is 23.3 Å². The number of allylic oxidation sites excluding steroid dienone is 4. The van der Waals surface area contributed by atoms with Crippen molar-refractivity contribution < 1.29 is 14.6 Å². The minimum absolute atomic E-state index is 0.271. The Kier molecular flexibility index (Phi) is 7.98. The minimum Gasteiger partial charge on any atom is -0.501 e. The zero-order valence-electron chi connectivity index (χ0n) is 18.2. The smallest absolute Gasteiger partial charge is 0.296 e. The number of ether oxygens (including phenoxy) is 1. The molecule has 30 heavy (non-hydrogen) atoms. The summed E-state index contributed by atoms with van der Waals surface area (Å²) < 4.78 is 6.43. The van der Waals surface area contributed by atoms with Gasteiger partial charge in [-0.3, -0.25) is 14.2 Å². The lowest BCUT2D eigenvalue weighted by Gasteiger charge is -2.11. The van der Waals surface area contributed by atoms with E-state index in [9.17, 15) is 14.7 Å². The molecular formula is C23H29N3O4. The summed E-state index contributed by atoms with van der Waals surface area (Å²) in [6, 6.07) is 5.90. The van der Waals surface area contributed by atoms with Gasteiger partial charge < -0.3 is 15.2 Å². The second kappa shape index (κ2) is 10.4. The third-order valence-electron chi connectivity index (χ3n) is 4.93. The quantitative estimate of drug-likeness (QED) is 0.514. The Hall–Kier alpha value is -3.35. The van der Waals surface area contributed by atoms with Gasteiger partial charge >= 0.3 is 0 Å². The number of aryl methyl sites for hydroxylation is 2. The highest BCUT2D eigenvalue weighted by atomic mass is 16.5. The maximum Gasteiger partial charge on any atom is 0.296 e. The fourth-order valence-corrected chi connectivity index (χ4v) is 2.83. The Morgan fingerprint density at radius 3 is 2.67 bits per heavy atom. The Bertz CT molecular complexity index is 1030. The fourth-order valence-electron chi connectivity index (χ4n) is 2.83. The van der Waals surface area contributed by atoms with E-state index in [4.69, 9.17) is 4.74 Å². The van der Waals surface area contributed by atoms with Gasteiger partial charge in [-0.25, -0.2) is 4.98 Å². The van der Waals surface area contributed by atoms with E-state index in [-0.39, 0.29) is 12.2 Å². The van der Waals surface area contributed by atoms with Crippen LogP contribution in [0.3, 0.4) is 0 Å². The number of benzene rings is 1. The van der Waals surface area contributed by atoms with E-state index in [1.54, 1.807) is 13.2 Å². The molecule has 2 rings (SSSR count). The van der Waals surface area contributed by atoms with Crippen LogP contribution in [-0.4, -0.2) is 27.7 Å². The maximum atomic E-state index is 12.6. The SMILES string of the molecule is CC/C(=C\C=C/Cc1nc(C(=O)NCc2ccc(C)c(C)c2)c(O)c(=O)n1C)OC. The van der Waals surface area contributed by atoms with E-state index in [2.05, 4.69) is 10.3 Å². The van der Waals surface area contributed by atoms with Crippen molar-refractivity contribution in [3.05, 3.63) is 80.7 Å². The largest absolute Gasteiger partial charge is 0.501 e. The molecule has 2 N–H and O–H groups in total.